The average molecular weight is 422 g/mol. The standard InChI is InChI=1S/C23H23N3O3S/c1-17-6-2-3-9-21(17)25-22(27)12-23-24-18(16-30-23)13-26(14-19-7-4-10-28-19)15-20-8-5-11-29-20/h2-11,16H,12-15H2,1H3,(H,25,27). The number of benzene rings is 1. The predicted molar refractivity (Wildman–Crippen MR) is 116 cm³/mol. The molecule has 0 saturated carbocycles. The van der Waals surface area contributed by atoms with Crippen LogP contribution in [0.3, 0.4) is 0 Å². The number of amides is 1. The molecule has 6 nitrogen and oxygen atoms in total. The molecule has 0 aliphatic rings. The number of nitrogens with one attached hydrogen (secondary N) is 1. The highest BCUT2D eigenvalue weighted by molar-refractivity contribution is 7.09. The number of carbonyl (C=O) groups is 1. The second-order valence-electron chi connectivity index (χ2n) is 7.08. The Hall–Kier alpha value is -3.16. The van der Waals surface area contributed by atoms with Gasteiger partial charge < -0.3 is 14.2 Å². The number of furan rings is 2. The van der Waals surface area contributed by atoms with Crippen molar-refractivity contribution in [2.45, 2.75) is 33.0 Å². The van der Waals surface area contributed by atoms with Gasteiger partial charge in [0.05, 0.1) is 37.7 Å². The van der Waals surface area contributed by atoms with Gasteiger partial charge in [0.1, 0.15) is 16.5 Å². The minimum absolute atomic E-state index is 0.0618. The van der Waals surface area contributed by atoms with Gasteiger partial charge in [0.2, 0.25) is 5.91 Å². The Bertz CT molecular complexity index is 1030. The molecule has 4 rings (SSSR count). The Morgan fingerprint density at radius 3 is 2.33 bits per heavy atom. The molecule has 0 aliphatic carbocycles. The summed E-state index contributed by atoms with van der Waals surface area (Å²) in [6.07, 6.45) is 3.61. The maximum Gasteiger partial charge on any atom is 0.231 e. The van der Waals surface area contributed by atoms with Crippen LogP contribution in [0.5, 0.6) is 0 Å². The lowest BCUT2D eigenvalue weighted by Crippen LogP contribution is -2.22. The van der Waals surface area contributed by atoms with E-state index < -0.39 is 0 Å². The van der Waals surface area contributed by atoms with Crippen LogP contribution in [0, 0.1) is 6.92 Å². The van der Waals surface area contributed by atoms with Gasteiger partial charge in [-0.3, -0.25) is 9.69 Å². The zero-order valence-electron chi connectivity index (χ0n) is 16.7. The van der Waals surface area contributed by atoms with Crippen molar-refractivity contribution in [3.8, 4) is 0 Å². The number of thiazole rings is 1. The van der Waals surface area contributed by atoms with E-state index in [0.717, 1.165) is 33.5 Å². The molecule has 0 unspecified atom stereocenters. The molecule has 0 spiro atoms. The number of rotatable bonds is 9. The molecule has 7 heteroatoms. The Labute approximate surface area is 179 Å². The number of hydrogen-bond donors (Lipinski definition) is 1. The van der Waals surface area contributed by atoms with Crippen LogP contribution in [0.4, 0.5) is 5.69 Å². The van der Waals surface area contributed by atoms with E-state index in [1.54, 1.807) is 12.5 Å². The normalized spacial score (nSPS) is 11.1. The van der Waals surface area contributed by atoms with E-state index in [1.807, 2.05) is 60.8 Å². The van der Waals surface area contributed by atoms with Crippen LogP contribution in [0.25, 0.3) is 0 Å². The fourth-order valence-electron chi connectivity index (χ4n) is 3.19. The first-order valence-corrected chi connectivity index (χ1v) is 10.6. The van der Waals surface area contributed by atoms with Gasteiger partial charge >= 0.3 is 0 Å². The molecular formula is C23H23N3O3S. The second kappa shape index (κ2) is 9.56. The van der Waals surface area contributed by atoms with Crippen LogP contribution in [0.2, 0.25) is 0 Å². The number of hydrogen-bond acceptors (Lipinski definition) is 6. The van der Waals surface area contributed by atoms with Crippen LogP contribution >= 0.6 is 11.3 Å². The van der Waals surface area contributed by atoms with Gasteiger partial charge in [-0.1, -0.05) is 18.2 Å². The molecule has 4 aromatic rings. The van der Waals surface area contributed by atoms with E-state index >= 15 is 0 Å². The molecule has 1 N–H and O–H groups in total. The monoisotopic (exact) mass is 421 g/mol. The summed E-state index contributed by atoms with van der Waals surface area (Å²) < 4.78 is 11.0. The smallest absolute Gasteiger partial charge is 0.231 e. The fraction of sp³-hybridized carbons (Fsp3) is 0.217. The van der Waals surface area contributed by atoms with Crippen molar-refractivity contribution >= 4 is 22.9 Å². The minimum Gasteiger partial charge on any atom is -0.468 e. The van der Waals surface area contributed by atoms with E-state index in [1.165, 1.54) is 11.3 Å². The summed E-state index contributed by atoms with van der Waals surface area (Å²) in [5.41, 5.74) is 2.80. The van der Waals surface area contributed by atoms with Gasteiger partial charge in [-0.2, -0.15) is 0 Å². The third-order valence-corrected chi connectivity index (χ3v) is 5.53. The molecule has 0 fully saturated rings. The maximum absolute atomic E-state index is 12.4. The zero-order valence-corrected chi connectivity index (χ0v) is 17.5. The number of anilines is 1. The summed E-state index contributed by atoms with van der Waals surface area (Å²) in [5.74, 6) is 1.71. The lowest BCUT2D eigenvalue weighted by molar-refractivity contribution is -0.115. The van der Waals surface area contributed by atoms with Crippen LogP contribution < -0.4 is 5.32 Å². The Kier molecular flexibility index (Phi) is 6.41. The molecule has 0 radical (unpaired) electrons. The number of nitrogens with zero attached hydrogens (tertiary/aromatic N) is 2. The van der Waals surface area contributed by atoms with Crippen molar-refractivity contribution in [2.75, 3.05) is 5.32 Å². The van der Waals surface area contributed by atoms with Crippen LogP contribution in [-0.2, 0) is 30.8 Å². The molecule has 154 valence electrons. The minimum atomic E-state index is -0.0618. The highest BCUT2D eigenvalue weighted by Gasteiger charge is 2.15. The average Bonchev–Trinajstić information content (AvgIpc) is 3.48. The highest BCUT2D eigenvalue weighted by Crippen LogP contribution is 2.18. The molecule has 0 saturated heterocycles. The van der Waals surface area contributed by atoms with Gasteiger partial charge in [0, 0.05) is 17.6 Å². The van der Waals surface area contributed by atoms with Crippen molar-refractivity contribution in [1.29, 1.82) is 0 Å². The molecule has 30 heavy (non-hydrogen) atoms. The Balaban J connectivity index is 1.38. The van der Waals surface area contributed by atoms with Crippen molar-refractivity contribution in [2.24, 2.45) is 0 Å². The first-order chi connectivity index (χ1) is 14.7. The van der Waals surface area contributed by atoms with Crippen molar-refractivity contribution < 1.29 is 13.6 Å². The summed E-state index contributed by atoms with van der Waals surface area (Å²) >= 11 is 1.51. The Morgan fingerprint density at radius 2 is 1.70 bits per heavy atom. The summed E-state index contributed by atoms with van der Waals surface area (Å²) in [6, 6.07) is 15.4. The highest BCUT2D eigenvalue weighted by atomic mass is 32.1. The van der Waals surface area contributed by atoms with Gasteiger partial charge in [0.15, 0.2) is 0 Å². The molecule has 3 aromatic heterocycles. The molecule has 1 aromatic carbocycles. The molecule has 0 aliphatic heterocycles. The van der Waals surface area contributed by atoms with E-state index in [-0.39, 0.29) is 12.3 Å². The second-order valence-corrected chi connectivity index (χ2v) is 8.02. The van der Waals surface area contributed by atoms with Crippen molar-refractivity contribution in [3.63, 3.8) is 0 Å². The van der Waals surface area contributed by atoms with Gasteiger partial charge in [-0.05, 0) is 42.8 Å². The third-order valence-electron chi connectivity index (χ3n) is 4.63. The summed E-state index contributed by atoms with van der Waals surface area (Å²) in [6.45, 7) is 3.91. The fourth-order valence-corrected chi connectivity index (χ4v) is 3.97. The van der Waals surface area contributed by atoms with Crippen LogP contribution in [0.1, 0.15) is 27.8 Å². The lowest BCUT2D eigenvalue weighted by Gasteiger charge is -2.18. The first-order valence-electron chi connectivity index (χ1n) is 9.71. The van der Waals surface area contributed by atoms with Gasteiger partial charge in [-0.15, -0.1) is 11.3 Å². The largest absolute Gasteiger partial charge is 0.468 e. The maximum atomic E-state index is 12.4. The SMILES string of the molecule is Cc1ccccc1NC(=O)Cc1nc(CN(Cc2ccco2)Cc2ccco2)cs1. The van der Waals surface area contributed by atoms with Crippen LogP contribution in [-0.4, -0.2) is 15.8 Å². The number of aromatic nitrogens is 1. The van der Waals surface area contributed by atoms with E-state index in [9.17, 15) is 4.79 Å². The summed E-state index contributed by atoms with van der Waals surface area (Å²) in [5, 5.41) is 5.77. The Morgan fingerprint density at radius 1 is 1.00 bits per heavy atom. The summed E-state index contributed by atoms with van der Waals surface area (Å²) in [7, 11) is 0. The van der Waals surface area contributed by atoms with Crippen molar-refractivity contribution in [3.05, 3.63) is 94.2 Å². The molecular weight excluding hydrogens is 398 g/mol. The third kappa shape index (κ3) is 5.46. The van der Waals surface area contributed by atoms with Gasteiger partial charge in [-0.25, -0.2) is 4.98 Å². The number of carbonyl (C=O) groups excluding carboxylic acids is 1. The topological polar surface area (TPSA) is 71.5 Å². The van der Waals surface area contributed by atoms with Gasteiger partial charge in [0.25, 0.3) is 0 Å². The first kappa shape index (κ1) is 20.1. The number of para-hydroxylation sites is 1. The number of aryl methyl sites for hydroxylation is 1. The molecule has 3 heterocycles. The lowest BCUT2D eigenvalue weighted by atomic mass is 10.2. The van der Waals surface area contributed by atoms with Crippen LogP contribution in [0.15, 0.2) is 75.3 Å². The quantitative estimate of drug-likeness (QED) is 0.411. The predicted octanol–water partition coefficient (Wildman–Crippen LogP) is 5.02. The van der Waals surface area contributed by atoms with E-state index in [4.69, 9.17) is 8.83 Å². The molecule has 0 bridgehead atoms. The van der Waals surface area contributed by atoms with E-state index in [2.05, 4.69) is 15.2 Å². The summed E-state index contributed by atoms with van der Waals surface area (Å²) in [4.78, 5) is 19.3. The van der Waals surface area contributed by atoms with E-state index in [0.29, 0.717) is 19.6 Å². The molecule has 1 amide bonds. The van der Waals surface area contributed by atoms with Crippen molar-refractivity contribution in [1.82, 2.24) is 9.88 Å². The zero-order chi connectivity index (χ0) is 20.8. The molecule has 0 atom stereocenters.